The first-order chi connectivity index (χ1) is 14.6. The molecule has 0 unspecified atom stereocenters. The van der Waals surface area contributed by atoms with Gasteiger partial charge in [0, 0.05) is 56.9 Å². The number of carbonyl (C=O) groups excluding carboxylic acids is 2. The summed E-state index contributed by atoms with van der Waals surface area (Å²) in [6.45, 7) is 7.31. The highest BCUT2D eigenvalue weighted by atomic mass is 16.7. The number of nitrogens with zero attached hydrogens (tertiary/aromatic N) is 2. The predicted molar refractivity (Wildman–Crippen MR) is 114 cm³/mol. The third-order valence-corrected chi connectivity index (χ3v) is 5.54. The number of rotatable bonds is 7. The molecule has 158 valence electrons. The molecule has 7 nitrogen and oxygen atoms in total. The highest BCUT2D eigenvalue weighted by Gasteiger charge is 2.19. The van der Waals surface area contributed by atoms with E-state index in [1.165, 1.54) is 12.5 Å². The molecular weight excluding hydrogens is 382 g/mol. The normalized spacial score (nSPS) is 16.4. The van der Waals surface area contributed by atoms with Crippen molar-refractivity contribution >= 4 is 17.4 Å². The van der Waals surface area contributed by atoms with Gasteiger partial charge in [0.25, 0.3) is 0 Å². The molecule has 7 heteroatoms. The van der Waals surface area contributed by atoms with Gasteiger partial charge in [-0.25, -0.2) is 0 Å². The first-order valence-corrected chi connectivity index (χ1v) is 10.3. The lowest BCUT2D eigenvalue weighted by molar-refractivity contribution is -0.116. The van der Waals surface area contributed by atoms with Crippen LogP contribution in [0.3, 0.4) is 0 Å². The second kappa shape index (κ2) is 9.28. The van der Waals surface area contributed by atoms with Crippen LogP contribution >= 0.6 is 0 Å². The number of Topliss-reactive ketones (excluding diaryl/α,β-unsaturated/α-hetero) is 1. The molecule has 30 heavy (non-hydrogen) atoms. The van der Waals surface area contributed by atoms with Crippen LogP contribution in [0.15, 0.2) is 42.5 Å². The van der Waals surface area contributed by atoms with Gasteiger partial charge >= 0.3 is 0 Å². The Bertz CT molecular complexity index is 905. The molecule has 1 amide bonds. The monoisotopic (exact) mass is 409 g/mol. The van der Waals surface area contributed by atoms with Gasteiger partial charge in [-0.3, -0.25) is 14.5 Å². The number of anilines is 1. The van der Waals surface area contributed by atoms with E-state index in [2.05, 4.69) is 27.2 Å². The minimum atomic E-state index is -0.00614. The van der Waals surface area contributed by atoms with Gasteiger partial charge in [0.2, 0.25) is 12.7 Å². The average Bonchev–Trinajstić information content (AvgIpc) is 3.21. The molecule has 1 saturated heterocycles. The summed E-state index contributed by atoms with van der Waals surface area (Å²) in [5, 5.41) is 2.90. The molecule has 0 bridgehead atoms. The lowest BCUT2D eigenvalue weighted by Gasteiger charge is -2.34. The Morgan fingerprint density at radius 3 is 2.37 bits per heavy atom. The maximum Gasteiger partial charge on any atom is 0.231 e. The summed E-state index contributed by atoms with van der Waals surface area (Å²) in [5.74, 6) is 1.66. The third kappa shape index (κ3) is 5.17. The second-order valence-electron chi connectivity index (χ2n) is 7.74. The van der Waals surface area contributed by atoms with Crippen LogP contribution in [0.2, 0.25) is 0 Å². The standard InChI is InChI=1S/C23H27N3O4/c1-17(27)19-3-5-20(6-4-19)24-23(28)8-9-25-10-12-26(13-11-25)15-18-2-7-21-22(14-18)30-16-29-21/h2-7,14H,8-13,15-16H2,1H3,(H,24,28). The van der Waals surface area contributed by atoms with Gasteiger partial charge in [-0.15, -0.1) is 0 Å². The summed E-state index contributed by atoms with van der Waals surface area (Å²) >= 11 is 0. The number of hydrogen-bond acceptors (Lipinski definition) is 6. The Balaban J connectivity index is 1.17. The number of ether oxygens (including phenoxy) is 2. The maximum absolute atomic E-state index is 12.2. The fourth-order valence-corrected chi connectivity index (χ4v) is 3.74. The van der Waals surface area contributed by atoms with Gasteiger partial charge in [0.05, 0.1) is 0 Å². The van der Waals surface area contributed by atoms with Crippen molar-refractivity contribution in [3.8, 4) is 11.5 Å². The number of fused-ring (bicyclic) bond motifs is 1. The lowest BCUT2D eigenvalue weighted by Crippen LogP contribution is -2.46. The van der Waals surface area contributed by atoms with Gasteiger partial charge in [-0.2, -0.15) is 0 Å². The molecule has 0 aromatic heterocycles. The van der Waals surface area contributed by atoms with Crippen LogP contribution in [-0.2, 0) is 11.3 Å². The van der Waals surface area contributed by atoms with Crippen LogP contribution in [0.1, 0.15) is 29.3 Å². The van der Waals surface area contributed by atoms with Gasteiger partial charge < -0.3 is 19.7 Å². The minimum absolute atomic E-state index is 0.00614. The van der Waals surface area contributed by atoms with Crippen LogP contribution in [0.25, 0.3) is 0 Å². The molecule has 4 rings (SSSR count). The fraction of sp³-hybridized carbons (Fsp3) is 0.391. The molecule has 1 fully saturated rings. The molecule has 2 aromatic rings. The Morgan fingerprint density at radius 2 is 1.63 bits per heavy atom. The van der Waals surface area contributed by atoms with E-state index in [0.29, 0.717) is 18.8 Å². The number of ketones is 1. The van der Waals surface area contributed by atoms with Crippen LogP contribution < -0.4 is 14.8 Å². The molecule has 0 radical (unpaired) electrons. The van der Waals surface area contributed by atoms with Crippen LogP contribution in [0, 0.1) is 0 Å². The molecule has 2 heterocycles. The van der Waals surface area contributed by atoms with E-state index in [9.17, 15) is 9.59 Å². The number of carbonyl (C=O) groups is 2. The zero-order chi connectivity index (χ0) is 20.9. The summed E-state index contributed by atoms with van der Waals surface area (Å²) in [4.78, 5) is 28.3. The molecule has 1 N–H and O–H groups in total. The van der Waals surface area contributed by atoms with Gasteiger partial charge in [0.15, 0.2) is 17.3 Å². The quantitative estimate of drug-likeness (QED) is 0.709. The molecule has 0 atom stereocenters. The summed E-state index contributed by atoms with van der Waals surface area (Å²) in [7, 11) is 0. The highest BCUT2D eigenvalue weighted by Crippen LogP contribution is 2.32. The molecule has 0 aliphatic carbocycles. The predicted octanol–water partition coefficient (Wildman–Crippen LogP) is 2.76. The van der Waals surface area contributed by atoms with Crippen LogP contribution in [-0.4, -0.2) is 61.0 Å². The molecule has 2 aliphatic rings. The Kier molecular flexibility index (Phi) is 6.30. The van der Waals surface area contributed by atoms with E-state index < -0.39 is 0 Å². The van der Waals surface area contributed by atoms with E-state index in [1.807, 2.05) is 6.07 Å². The van der Waals surface area contributed by atoms with E-state index in [0.717, 1.165) is 56.5 Å². The average molecular weight is 409 g/mol. The van der Waals surface area contributed by atoms with Crippen molar-refractivity contribution in [3.63, 3.8) is 0 Å². The van der Waals surface area contributed by atoms with Crippen LogP contribution in [0.4, 0.5) is 5.69 Å². The van der Waals surface area contributed by atoms with Crippen molar-refractivity contribution in [2.45, 2.75) is 19.9 Å². The van der Waals surface area contributed by atoms with E-state index in [4.69, 9.17) is 9.47 Å². The van der Waals surface area contributed by atoms with Crippen molar-refractivity contribution in [1.82, 2.24) is 9.80 Å². The Morgan fingerprint density at radius 1 is 0.933 bits per heavy atom. The van der Waals surface area contributed by atoms with Crippen LogP contribution in [0.5, 0.6) is 11.5 Å². The summed E-state index contributed by atoms with van der Waals surface area (Å²) < 4.78 is 10.8. The molecule has 0 saturated carbocycles. The van der Waals surface area contributed by atoms with Gasteiger partial charge in [-0.05, 0) is 48.9 Å². The van der Waals surface area contributed by atoms with Gasteiger partial charge in [0.1, 0.15) is 0 Å². The van der Waals surface area contributed by atoms with Gasteiger partial charge in [-0.1, -0.05) is 6.07 Å². The van der Waals surface area contributed by atoms with Crippen molar-refractivity contribution < 1.29 is 19.1 Å². The summed E-state index contributed by atoms with van der Waals surface area (Å²) in [6, 6.07) is 13.1. The largest absolute Gasteiger partial charge is 0.454 e. The number of nitrogens with one attached hydrogen (secondary N) is 1. The fourth-order valence-electron chi connectivity index (χ4n) is 3.74. The van der Waals surface area contributed by atoms with Crippen molar-refractivity contribution in [3.05, 3.63) is 53.6 Å². The van der Waals surface area contributed by atoms with Crippen molar-refractivity contribution in [2.24, 2.45) is 0 Å². The lowest BCUT2D eigenvalue weighted by atomic mass is 10.1. The molecule has 2 aliphatic heterocycles. The SMILES string of the molecule is CC(=O)c1ccc(NC(=O)CCN2CCN(Cc3ccc4c(c3)OCO4)CC2)cc1. The number of benzene rings is 2. The van der Waals surface area contributed by atoms with E-state index in [1.54, 1.807) is 24.3 Å². The highest BCUT2D eigenvalue weighted by molar-refractivity contribution is 5.95. The number of hydrogen-bond donors (Lipinski definition) is 1. The van der Waals surface area contributed by atoms with Crippen molar-refractivity contribution in [1.29, 1.82) is 0 Å². The molecular formula is C23H27N3O4. The van der Waals surface area contributed by atoms with E-state index >= 15 is 0 Å². The first-order valence-electron chi connectivity index (χ1n) is 10.3. The number of amides is 1. The second-order valence-corrected chi connectivity index (χ2v) is 7.74. The smallest absolute Gasteiger partial charge is 0.231 e. The third-order valence-electron chi connectivity index (χ3n) is 5.54. The zero-order valence-corrected chi connectivity index (χ0v) is 17.2. The maximum atomic E-state index is 12.2. The number of piperazine rings is 1. The summed E-state index contributed by atoms with van der Waals surface area (Å²) in [6.07, 6.45) is 0.455. The van der Waals surface area contributed by atoms with E-state index in [-0.39, 0.29) is 11.7 Å². The Hall–Kier alpha value is -2.90. The topological polar surface area (TPSA) is 71.1 Å². The molecule has 0 spiro atoms. The Labute approximate surface area is 176 Å². The first kappa shape index (κ1) is 20.4. The zero-order valence-electron chi connectivity index (χ0n) is 17.2. The molecule has 2 aromatic carbocycles. The minimum Gasteiger partial charge on any atom is -0.454 e. The summed E-state index contributed by atoms with van der Waals surface area (Å²) in [5.41, 5.74) is 2.59. The van der Waals surface area contributed by atoms with Crippen molar-refractivity contribution in [2.75, 3.05) is 44.8 Å².